The van der Waals surface area contributed by atoms with Crippen LogP contribution in [0.15, 0.2) is 0 Å². The zero-order chi connectivity index (χ0) is 15.0. The Kier molecular flexibility index (Phi) is 7.80. The first-order valence-electron chi connectivity index (χ1n) is 7.47. The Morgan fingerprint density at radius 1 is 1.35 bits per heavy atom. The summed E-state index contributed by atoms with van der Waals surface area (Å²) in [6, 6.07) is -0.745. The van der Waals surface area contributed by atoms with Gasteiger partial charge in [0.1, 0.15) is 6.04 Å². The average molecular weight is 302 g/mol. The van der Waals surface area contributed by atoms with Crippen LogP contribution in [0.1, 0.15) is 46.0 Å². The van der Waals surface area contributed by atoms with Crippen LogP contribution in [-0.4, -0.2) is 52.1 Å². The molecule has 6 heteroatoms. The summed E-state index contributed by atoms with van der Waals surface area (Å²) in [7, 11) is 0. The molecule has 20 heavy (non-hydrogen) atoms. The number of nitrogens with zero attached hydrogens (tertiary/aromatic N) is 1. The molecule has 1 fully saturated rings. The topological polar surface area (TPSA) is 69.6 Å². The molecule has 0 saturated carbocycles. The van der Waals surface area contributed by atoms with Gasteiger partial charge in [0.15, 0.2) is 0 Å². The second kappa shape index (κ2) is 9.10. The summed E-state index contributed by atoms with van der Waals surface area (Å²) in [5.74, 6) is 0.383. The van der Waals surface area contributed by atoms with Crippen molar-refractivity contribution >= 4 is 23.8 Å². The summed E-state index contributed by atoms with van der Waals surface area (Å²) >= 11 is 1.59. The zero-order valence-electron chi connectivity index (χ0n) is 12.4. The van der Waals surface area contributed by atoms with Crippen molar-refractivity contribution in [1.29, 1.82) is 0 Å². The molecule has 2 amide bonds. The van der Waals surface area contributed by atoms with Crippen molar-refractivity contribution in [1.82, 2.24) is 10.2 Å². The Morgan fingerprint density at radius 2 is 2.10 bits per heavy atom. The number of hydrogen-bond acceptors (Lipinski definition) is 3. The van der Waals surface area contributed by atoms with Gasteiger partial charge >= 0.3 is 12.0 Å². The minimum Gasteiger partial charge on any atom is -0.480 e. The summed E-state index contributed by atoms with van der Waals surface area (Å²) < 4.78 is 0. The maximum absolute atomic E-state index is 12.3. The van der Waals surface area contributed by atoms with Crippen molar-refractivity contribution in [3.8, 4) is 0 Å². The molecular formula is C14H26N2O3S. The van der Waals surface area contributed by atoms with E-state index in [4.69, 9.17) is 0 Å². The fraction of sp³-hybridized carbons (Fsp3) is 0.857. The van der Waals surface area contributed by atoms with Gasteiger partial charge in [-0.2, -0.15) is 11.8 Å². The number of urea groups is 1. The Bertz CT molecular complexity index is 326. The van der Waals surface area contributed by atoms with E-state index in [-0.39, 0.29) is 12.1 Å². The molecule has 0 aromatic heterocycles. The maximum Gasteiger partial charge on any atom is 0.327 e. The number of carboxylic acid groups (broad SMARTS) is 1. The first-order valence-corrected chi connectivity index (χ1v) is 8.63. The summed E-state index contributed by atoms with van der Waals surface area (Å²) in [6.07, 6.45) is 5.13. The molecule has 0 spiro atoms. The summed E-state index contributed by atoms with van der Waals surface area (Å²) in [5.41, 5.74) is 0. The third-order valence-electron chi connectivity index (χ3n) is 3.55. The van der Waals surface area contributed by atoms with Crippen LogP contribution in [0.25, 0.3) is 0 Å². The summed E-state index contributed by atoms with van der Waals surface area (Å²) in [6.45, 7) is 4.75. The highest BCUT2D eigenvalue weighted by Crippen LogP contribution is 2.17. The largest absolute Gasteiger partial charge is 0.480 e. The number of carbonyl (C=O) groups excluding carboxylic acids is 1. The lowest BCUT2D eigenvalue weighted by Gasteiger charge is -2.34. The van der Waals surface area contributed by atoms with Crippen molar-refractivity contribution in [2.45, 2.75) is 58.0 Å². The molecule has 0 bridgehead atoms. The average Bonchev–Trinajstić information content (AvgIpc) is 2.44. The van der Waals surface area contributed by atoms with Gasteiger partial charge in [-0.15, -0.1) is 0 Å². The Hall–Kier alpha value is -0.910. The number of thioether (sulfide) groups is 1. The fourth-order valence-electron chi connectivity index (χ4n) is 2.40. The van der Waals surface area contributed by atoms with E-state index in [1.807, 2.05) is 0 Å². The van der Waals surface area contributed by atoms with Crippen LogP contribution < -0.4 is 5.32 Å². The Labute approximate surface area is 125 Å². The molecule has 116 valence electrons. The monoisotopic (exact) mass is 302 g/mol. The van der Waals surface area contributed by atoms with Crippen LogP contribution in [0.5, 0.6) is 0 Å². The minimum absolute atomic E-state index is 0.163. The molecule has 0 radical (unpaired) electrons. The molecule has 1 heterocycles. The molecule has 5 nitrogen and oxygen atoms in total. The normalized spacial score (nSPS) is 20.5. The lowest BCUT2D eigenvalue weighted by atomic mass is 10.1. The molecule has 0 aromatic carbocycles. The zero-order valence-corrected chi connectivity index (χ0v) is 13.2. The standard InChI is InChI=1S/C14H26N2O3S/c1-3-5-7-11(6-4-2)15-14(19)16-8-9-20-10-12(16)13(17)18/h11-12H,3-10H2,1-2H3,(H,15,19)(H,17,18). The number of hydrogen-bond donors (Lipinski definition) is 2. The maximum atomic E-state index is 12.3. The predicted octanol–water partition coefficient (Wildman–Crippen LogP) is 2.56. The van der Waals surface area contributed by atoms with E-state index in [0.29, 0.717) is 12.3 Å². The highest BCUT2D eigenvalue weighted by molar-refractivity contribution is 7.99. The first kappa shape index (κ1) is 17.1. The molecule has 1 aliphatic rings. The van der Waals surface area contributed by atoms with Crippen molar-refractivity contribution in [2.24, 2.45) is 0 Å². The van der Waals surface area contributed by atoms with Gasteiger partial charge in [-0.25, -0.2) is 9.59 Å². The number of carboxylic acids is 1. The Balaban J connectivity index is 2.58. The number of unbranched alkanes of at least 4 members (excludes halogenated alkanes) is 1. The van der Waals surface area contributed by atoms with E-state index >= 15 is 0 Å². The lowest BCUT2D eigenvalue weighted by Crippen LogP contribution is -2.55. The fourth-order valence-corrected chi connectivity index (χ4v) is 3.43. The van der Waals surface area contributed by atoms with E-state index in [0.717, 1.165) is 37.9 Å². The third kappa shape index (κ3) is 5.23. The van der Waals surface area contributed by atoms with Gasteiger partial charge < -0.3 is 15.3 Å². The minimum atomic E-state index is -0.909. The molecule has 2 atom stereocenters. The highest BCUT2D eigenvalue weighted by atomic mass is 32.2. The predicted molar refractivity (Wildman–Crippen MR) is 82.2 cm³/mol. The van der Waals surface area contributed by atoms with Gasteiger partial charge in [0.25, 0.3) is 0 Å². The molecule has 1 aliphatic heterocycles. The SMILES string of the molecule is CCCCC(CCC)NC(=O)N1CCSCC1C(=O)O. The number of aliphatic carboxylic acids is 1. The van der Waals surface area contributed by atoms with Gasteiger partial charge in [-0.1, -0.05) is 33.1 Å². The number of carbonyl (C=O) groups is 2. The smallest absolute Gasteiger partial charge is 0.327 e. The second-order valence-electron chi connectivity index (χ2n) is 5.20. The molecule has 2 N–H and O–H groups in total. The first-order chi connectivity index (χ1) is 9.60. The van der Waals surface area contributed by atoms with E-state index < -0.39 is 12.0 Å². The molecule has 0 aliphatic carbocycles. The lowest BCUT2D eigenvalue weighted by molar-refractivity contribution is -0.141. The van der Waals surface area contributed by atoms with Crippen LogP contribution >= 0.6 is 11.8 Å². The van der Waals surface area contributed by atoms with Gasteiger partial charge in [0.2, 0.25) is 0 Å². The van der Waals surface area contributed by atoms with Crippen LogP contribution in [0, 0.1) is 0 Å². The molecule has 1 rings (SSSR count). The van der Waals surface area contributed by atoms with Crippen LogP contribution in [-0.2, 0) is 4.79 Å². The van der Waals surface area contributed by atoms with Crippen molar-refractivity contribution < 1.29 is 14.7 Å². The second-order valence-corrected chi connectivity index (χ2v) is 6.35. The summed E-state index contributed by atoms with van der Waals surface area (Å²) in [5, 5.41) is 12.2. The van der Waals surface area contributed by atoms with E-state index in [1.54, 1.807) is 11.8 Å². The van der Waals surface area contributed by atoms with Gasteiger partial charge in [0.05, 0.1) is 0 Å². The van der Waals surface area contributed by atoms with E-state index in [2.05, 4.69) is 19.2 Å². The van der Waals surface area contributed by atoms with Crippen LogP contribution in [0.2, 0.25) is 0 Å². The quantitative estimate of drug-likeness (QED) is 0.758. The van der Waals surface area contributed by atoms with Gasteiger partial charge in [0, 0.05) is 24.1 Å². The third-order valence-corrected chi connectivity index (χ3v) is 4.57. The van der Waals surface area contributed by atoms with Crippen LogP contribution in [0.4, 0.5) is 4.79 Å². The Morgan fingerprint density at radius 3 is 2.70 bits per heavy atom. The number of rotatable bonds is 7. The summed E-state index contributed by atoms with van der Waals surface area (Å²) in [4.78, 5) is 25.0. The van der Waals surface area contributed by atoms with Gasteiger partial charge in [-0.3, -0.25) is 0 Å². The van der Waals surface area contributed by atoms with E-state index in [9.17, 15) is 14.7 Å². The molecule has 2 unspecified atom stereocenters. The van der Waals surface area contributed by atoms with Crippen LogP contribution in [0.3, 0.4) is 0 Å². The van der Waals surface area contributed by atoms with E-state index in [1.165, 1.54) is 4.90 Å². The number of nitrogens with one attached hydrogen (secondary N) is 1. The number of amides is 2. The van der Waals surface area contributed by atoms with Crippen molar-refractivity contribution in [2.75, 3.05) is 18.1 Å². The molecule has 0 aromatic rings. The molecule has 1 saturated heterocycles. The van der Waals surface area contributed by atoms with Crippen molar-refractivity contribution in [3.63, 3.8) is 0 Å². The van der Waals surface area contributed by atoms with Crippen molar-refractivity contribution in [3.05, 3.63) is 0 Å². The highest BCUT2D eigenvalue weighted by Gasteiger charge is 2.32. The van der Waals surface area contributed by atoms with Gasteiger partial charge in [-0.05, 0) is 12.8 Å². The molecular weight excluding hydrogens is 276 g/mol.